The Morgan fingerprint density at radius 3 is 2.75 bits per heavy atom. The summed E-state index contributed by atoms with van der Waals surface area (Å²) in [6.07, 6.45) is 0. The topological polar surface area (TPSA) is 15.7 Å². The predicted octanol–water partition coefficient (Wildman–Crippen LogP) is 0.535. The largest absolute Gasteiger partial charge is 0.370 e. The highest BCUT2D eigenvalue weighted by molar-refractivity contribution is 7.92. The first-order chi connectivity index (χ1) is 5.74. The van der Waals surface area contributed by atoms with Gasteiger partial charge in [-0.3, -0.25) is 0 Å². The summed E-state index contributed by atoms with van der Waals surface area (Å²) in [4.78, 5) is 2.24. The first-order valence-corrected chi connectivity index (χ1v) is 4.78. The minimum atomic E-state index is -0.0634. The summed E-state index contributed by atoms with van der Waals surface area (Å²) < 4.78 is 19.4. The van der Waals surface area contributed by atoms with E-state index >= 15 is 0 Å². The third-order valence-corrected chi connectivity index (χ3v) is 2.92. The fourth-order valence-electron chi connectivity index (χ4n) is 1.87. The molecule has 12 heavy (non-hydrogen) atoms. The van der Waals surface area contributed by atoms with Crippen LogP contribution in [-0.4, -0.2) is 54.6 Å². The summed E-state index contributed by atoms with van der Waals surface area (Å²) in [6, 6.07) is 0. The molecule has 0 aromatic carbocycles. The molecule has 0 aromatic heterocycles. The number of hydrogen-bond acceptors (Lipinski definition) is 4. The number of rotatable bonds is 1. The van der Waals surface area contributed by atoms with E-state index in [0.29, 0.717) is 12.3 Å². The van der Waals surface area contributed by atoms with Crippen LogP contribution < -0.4 is 0 Å². The molecule has 0 aromatic rings. The Morgan fingerprint density at radius 1 is 1.42 bits per heavy atom. The highest BCUT2D eigenvalue weighted by Crippen LogP contribution is 2.33. The van der Waals surface area contributed by atoms with Gasteiger partial charge >= 0.3 is 0 Å². The lowest BCUT2D eigenvalue weighted by Gasteiger charge is -2.51. The molecule has 70 valence electrons. The summed E-state index contributed by atoms with van der Waals surface area (Å²) >= 11 is 0.315. The maximum Gasteiger partial charge on any atom is 0.134 e. The molecule has 0 radical (unpaired) electrons. The van der Waals surface area contributed by atoms with E-state index in [9.17, 15) is 3.89 Å². The zero-order chi connectivity index (χ0) is 8.60. The van der Waals surface area contributed by atoms with Gasteiger partial charge in [0.05, 0.1) is 6.61 Å². The second kappa shape index (κ2) is 3.14. The standard InChI is InChI=1S/C7H13FN2OS/c1-9-2-3-11-7(4-9)5-10(6-7)12-8/h2-6H2,1H3. The van der Waals surface area contributed by atoms with Crippen LogP contribution in [-0.2, 0) is 4.74 Å². The molecule has 0 N–H and O–H groups in total. The number of hydrogen-bond donors (Lipinski definition) is 0. The van der Waals surface area contributed by atoms with Gasteiger partial charge in [-0.05, 0) is 7.05 Å². The Labute approximate surface area is 76.3 Å². The van der Waals surface area contributed by atoms with E-state index in [0.717, 1.165) is 32.8 Å². The molecule has 0 unspecified atom stereocenters. The molecule has 2 aliphatic rings. The van der Waals surface area contributed by atoms with Gasteiger partial charge in [0.25, 0.3) is 0 Å². The van der Waals surface area contributed by atoms with Crippen molar-refractivity contribution in [3.63, 3.8) is 0 Å². The van der Waals surface area contributed by atoms with Gasteiger partial charge in [0.1, 0.15) is 17.9 Å². The Balaban J connectivity index is 1.88. The molecular formula is C7H13FN2OS. The van der Waals surface area contributed by atoms with Crippen LogP contribution in [0.1, 0.15) is 0 Å². The van der Waals surface area contributed by atoms with Crippen molar-refractivity contribution in [2.75, 3.05) is 39.8 Å². The molecule has 2 fully saturated rings. The van der Waals surface area contributed by atoms with Crippen molar-refractivity contribution in [2.24, 2.45) is 0 Å². The van der Waals surface area contributed by atoms with E-state index < -0.39 is 0 Å². The van der Waals surface area contributed by atoms with Gasteiger partial charge in [0.15, 0.2) is 0 Å². The maximum atomic E-state index is 12.0. The highest BCUT2D eigenvalue weighted by atomic mass is 32.2. The van der Waals surface area contributed by atoms with Crippen LogP contribution in [0.25, 0.3) is 0 Å². The second-order valence-electron chi connectivity index (χ2n) is 3.64. The van der Waals surface area contributed by atoms with E-state index in [1.54, 1.807) is 4.31 Å². The predicted molar refractivity (Wildman–Crippen MR) is 46.5 cm³/mol. The van der Waals surface area contributed by atoms with E-state index in [-0.39, 0.29) is 5.60 Å². The Bertz CT molecular complexity index is 175. The molecule has 1 spiro atoms. The number of likely N-dealkylation sites (N-methyl/N-ethyl adjacent to an activating group) is 1. The second-order valence-corrected chi connectivity index (χ2v) is 4.29. The third-order valence-electron chi connectivity index (χ3n) is 2.47. The molecular weight excluding hydrogens is 179 g/mol. The van der Waals surface area contributed by atoms with Crippen molar-refractivity contribution in [3.05, 3.63) is 0 Å². The number of ether oxygens (including phenoxy) is 1. The molecule has 2 saturated heterocycles. The molecule has 0 aliphatic carbocycles. The molecule has 5 heteroatoms. The molecule has 2 aliphatic heterocycles. The van der Waals surface area contributed by atoms with Crippen LogP contribution in [0, 0.1) is 0 Å². The van der Waals surface area contributed by atoms with Crippen molar-refractivity contribution in [3.8, 4) is 0 Å². The lowest BCUT2D eigenvalue weighted by Crippen LogP contribution is -2.67. The number of nitrogens with zero attached hydrogens (tertiary/aromatic N) is 2. The van der Waals surface area contributed by atoms with Crippen LogP contribution in [0.3, 0.4) is 0 Å². The zero-order valence-electron chi connectivity index (χ0n) is 7.12. The molecule has 0 saturated carbocycles. The van der Waals surface area contributed by atoms with Crippen LogP contribution in [0.5, 0.6) is 0 Å². The van der Waals surface area contributed by atoms with Gasteiger partial charge in [-0.25, -0.2) is 4.31 Å². The maximum absolute atomic E-state index is 12.0. The van der Waals surface area contributed by atoms with Crippen LogP contribution in [0.15, 0.2) is 0 Å². The van der Waals surface area contributed by atoms with E-state index in [4.69, 9.17) is 4.74 Å². The van der Waals surface area contributed by atoms with Gasteiger partial charge in [0.2, 0.25) is 0 Å². The van der Waals surface area contributed by atoms with Crippen molar-refractivity contribution in [2.45, 2.75) is 5.60 Å². The van der Waals surface area contributed by atoms with E-state index in [1.165, 1.54) is 0 Å². The Morgan fingerprint density at radius 2 is 2.17 bits per heavy atom. The summed E-state index contributed by atoms with van der Waals surface area (Å²) in [5, 5.41) is 0. The highest BCUT2D eigenvalue weighted by Gasteiger charge is 2.47. The van der Waals surface area contributed by atoms with Gasteiger partial charge < -0.3 is 9.64 Å². The average Bonchev–Trinajstić information content (AvgIpc) is 1.99. The monoisotopic (exact) mass is 192 g/mol. The zero-order valence-corrected chi connectivity index (χ0v) is 7.94. The molecule has 0 bridgehead atoms. The molecule has 0 amide bonds. The van der Waals surface area contributed by atoms with Crippen molar-refractivity contribution >= 4 is 12.3 Å². The third kappa shape index (κ3) is 1.46. The van der Waals surface area contributed by atoms with Crippen molar-refractivity contribution < 1.29 is 8.62 Å². The Kier molecular flexibility index (Phi) is 2.29. The molecule has 0 atom stereocenters. The van der Waals surface area contributed by atoms with Gasteiger partial charge in [0, 0.05) is 26.2 Å². The minimum Gasteiger partial charge on any atom is -0.370 e. The smallest absolute Gasteiger partial charge is 0.134 e. The first kappa shape index (κ1) is 8.74. The van der Waals surface area contributed by atoms with Crippen LogP contribution in [0.4, 0.5) is 3.89 Å². The molecule has 2 heterocycles. The summed E-state index contributed by atoms with van der Waals surface area (Å²) in [6.45, 7) is 4.15. The number of morpholine rings is 1. The SMILES string of the molecule is CN1CCOC2(C1)CN(SF)C2. The van der Waals surface area contributed by atoms with Gasteiger partial charge in [-0.15, -0.1) is 3.89 Å². The average molecular weight is 192 g/mol. The van der Waals surface area contributed by atoms with Crippen molar-refractivity contribution in [1.29, 1.82) is 0 Å². The molecule has 3 nitrogen and oxygen atoms in total. The molecule has 2 rings (SSSR count). The quantitative estimate of drug-likeness (QED) is 0.563. The summed E-state index contributed by atoms with van der Waals surface area (Å²) in [7, 11) is 2.08. The lowest BCUT2D eigenvalue weighted by atomic mass is 9.95. The Hall–Kier alpha value is 0.160. The van der Waals surface area contributed by atoms with Gasteiger partial charge in [-0.1, -0.05) is 0 Å². The van der Waals surface area contributed by atoms with Crippen LogP contribution in [0.2, 0.25) is 0 Å². The fraction of sp³-hybridized carbons (Fsp3) is 1.00. The fourth-order valence-corrected chi connectivity index (χ4v) is 2.44. The number of halogens is 1. The van der Waals surface area contributed by atoms with E-state index in [2.05, 4.69) is 11.9 Å². The minimum absolute atomic E-state index is 0.0634. The lowest BCUT2D eigenvalue weighted by molar-refractivity contribution is -0.156. The van der Waals surface area contributed by atoms with E-state index in [1.807, 2.05) is 0 Å². The van der Waals surface area contributed by atoms with Gasteiger partial charge in [-0.2, -0.15) is 0 Å². The first-order valence-electron chi connectivity index (χ1n) is 4.10. The normalized spacial score (nSPS) is 30.5. The van der Waals surface area contributed by atoms with Crippen LogP contribution >= 0.6 is 12.3 Å². The summed E-state index contributed by atoms with van der Waals surface area (Å²) in [5.41, 5.74) is -0.0634. The van der Waals surface area contributed by atoms with Crippen molar-refractivity contribution in [1.82, 2.24) is 9.21 Å². The summed E-state index contributed by atoms with van der Waals surface area (Å²) in [5.74, 6) is 0.